The Balaban J connectivity index is 0.00000272. The number of rotatable bonds is 6. The number of hydrogen-bond donors (Lipinski definition) is 2. The molecular weight excluding hydrogens is 394 g/mol. The van der Waals surface area contributed by atoms with Gasteiger partial charge in [-0.3, -0.25) is 9.59 Å². The second kappa shape index (κ2) is 9.45. The summed E-state index contributed by atoms with van der Waals surface area (Å²) in [5.74, 6) is 0.286. The van der Waals surface area contributed by atoms with E-state index in [1.54, 1.807) is 6.92 Å². The predicted octanol–water partition coefficient (Wildman–Crippen LogP) is 2.90. The Morgan fingerprint density at radius 3 is 2.71 bits per heavy atom. The number of ether oxygens (including phenoxy) is 2. The highest BCUT2D eigenvalue weighted by Crippen LogP contribution is 2.40. The molecule has 6 heteroatoms. The van der Waals surface area contributed by atoms with Crippen LogP contribution in [-0.4, -0.2) is 42.7 Å². The van der Waals surface area contributed by atoms with Crippen molar-refractivity contribution in [3.05, 3.63) is 70.3 Å². The van der Waals surface area contributed by atoms with E-state index < -0.39 is 18.1 Å². The third-order valence-electron chi connectivity index (χ3n) is 5.65. The molecule has 2 aromatic carbocycles. The van der Waals surface area contributed by atoms with E-state index in [9.17, 15) is 14.7 Å². The normalized spacial score (nSPS) is 18.5. The van der Waals surface area contributed by atoms with Gasteiger partial charge in [0, 0.05) is 24.1 Å². The smallest absolute Gasteiger partial charge is 0.325 e. The number of nitrogens with one attached hydrogen (secondary N) is 1. The van der Waals surface area contributed by atoms with E-state index in [4.69, 9.17) is 9.47 Å². The summed E-state index contributed by atoms with van der Waals surface area (Å²) < 4.78 is 10.7. The topological polar surface area (TPSA) is 84.9 Å². The van der Waals surface area contributed by atoms with Crippen LogP contribution in [0.5, 0.6) is 0 Å². The molecule has 1 heterocycles. The fourth-order valence-corrected chi connectivity index (χ4v) is 4.11. The zero-order valence-electron chi connectivity index (χ0n) is 17.1. The van der Waals surface area contributed by atoms with Crippen molar-refractivity contribution in [3.8, 4) is 0 Å². The SMILES string of the molecule is C.COC(=O)[C@@H](NCCc1ccc2c(c1)CO/C2=C1/C(=O)Cc2ccccc21)[C@@H](C)O. The zero-order chi connectivity index (χ0) is 21.3. The molecule has 0 bridgehead atoms. The number of aliphatic hydroxyl groups is 1. The second-order valence-corrected chi connectivity index (χ2v) is 7.69. The number of ketones is 1. The highest BCUT2D eigenvalue weighted by molar-refractivity contribution is 6.31. The van der Waals surface area contributed by atoms with E-state index in [0.29, 0.717) is 37.3 Å². The Kier molecular flexibility index (Phi) is 6.93. The first-order chi connectivity index (χ1) is 14.5. The molecule has 0 amide bonds. The summed E-state index contributed by atoms with van der Waals surface area (Å²) in [7, 11) is 1.31. The minimum atomic E-state index is -0.841. The Bertz CT molecular complexity index is 1020. The van der Waals surface area contributed by atoms with Crippen molar-refractivity contribution in [3.63, 3.8) is 0 Å². The molecule has 0 aromatic heterocycles. The second-order valence-electron chi connectivity index (χ2n) is 7.69. The van der Waals surface area contributed by atoms with Crippen LogP contribution in [0.15, 0.2) is 42.5 Å². The number of carbonyl (C=O) groups excluding carboxylic acids is 2. The standard InChI is InChI=1S/C24H25NO5.CH4/c1-14(26)22(24(28)29-2)25-10-9-15-7-8-19-17(11-15)13-30-23(19)21-18-6-4-3-5-16(18)12-20(21)27;/h3-8,11,14,22,25-26H,9-10,12-13H2,1-2H3;1H4/b23-21+;/t14-,22+;/m1./s1. The maximum absolute atomic E-state index is 12.6. The quantitative estimate of drug-likeness (QED) is 0.549. The van der Waals surface area contributed by atoms with Gasteiger partial charge >= 0.3 is 5.97 Å². The molecule has 2 aliphatic rings. The molecule has 0 saturated heterocycles. The van der Waals surface area contributed by atoms with Crippen LogP contribution in [0.25, 0.3) is 11.3 Å². The third-order valence-corrected chi connectivity index (χ3v) is 5.65. The van der Waals surface area contributed by atoms with Crippen molar-refractivity contribution in [2.24, 2.45) is 0 Å². The lowest BCUT2D eigenvalue weighted by Crippen LogP contribution is -2.46. The Labute approximate surface area is 182 Å². The molecular formula is C25H29NO5. The first-order valence-corrected chi connectivity index (χ1v) is 10.1. The van der Waals surface area contributed by atoms with Crippen LogP contribution in [0.2, 0.25) is 0 Å². The molecule has 0 unspecified atom stereocenters. The van der Waals surface area contributed by atoms with Crippen molar-refractivity contribution in [2.45, 2.75) is 45.9 Å². The van der Waals surface area contributed by atoms with Gasteiger partial charge in [-0.2, -0.15) is 0 Å². The number of methoxy groups -OCH3 is 1. The summed E-state index contributed by atoms with van der Waals surface area (Å²) in [4.78, 5) is 24.4. The van der Waals surface area contributed by atoms with E-state index in [2.05, 4.69) is 11.4 Å². The third kappa shape index (κ3) is 4.40. The lowest BCUT2D eigenvalue weighted by Gasteiger charge is -2.19. The molecule has 0 saturated carbocycles. The van der Waals surface area contributed by atoms with Gasteiger partial charge in [-0.05, 0) is 30.0 Å². The number of Topliss-reactive ketones (excluding diaryl/α,β-unsaturated/α-hetero) is 1. The molecule has 31 heavy (non-hydrogen) atoms. The number of fused-ring (bicyclic) bond motifs is 2. The number of aliphatic hydroxyl groups excluding tert-OH is 1. The van der Waals surface area contributed by atoms with Gasteiger partial charge in [-0.15, -0.1) is 0 Å². The minimum Gasteiger partial charge on any atom is -0.487 e. The van der Waals surface area contributed by atoms with Crippen molar-refractivity contribution >= 4 is 23.1 Å². The van der Waals surface area contributed by atoms with E-state index in [-0.39, 0.29) is 13.2 Å². The van der Waals surface area contributed by atoms with Gasteiger partial charge < -0.3 is 19.9 Å². The summed E-state index contributed by atoms with van der Waals surface area (Å²) >= 11 is 0. The van der Waals surface area contributed by atoms with Crippen molar-refractivity contribution in [2.75, 3.05) is 13.7 Å². The molecule has 2 atom stereocenters. The van der Waals surface area contributed by atoms with Gasteiger partial charge in [0.1, 0.15) is 18.4 Å². The molecule has 0 fully saturated rings. The van der Waals surface area contributed by atoms with E-state index in [1.807, 2.05) is 36.4 Å². The number of hydrogen-bond acceptors (Lipinski definition) is 6. The van der Waals surface area contributed by atoms with Gasteiger partial charge in [0.05, 0.1) is 18.8 Å². The predicted molar refractivity (Wildman–Crippen MR) is 119 cm³/mol. The molecule has 4 rings (SSSR count). The first kappa shape index (κ1) is 22.7. The fourth-order valence-electron chi connectivity index (χ4n) is 4.11. The summed E-state index contributed by atoms with van der Waals surface area (Å²) in [6.07, 6.45) is 0.260. The van der Waals surface area contributed by atoms with Crippen LogP contribution in [-0.2, 0) is 38.5 Å². The van der Waals surface area contributed by atoms with Gasteiger partial charge in [0.25, 0.3) is 0 Å². The van der Waals surface area contributed by atoms with Crippen LogP contribution < -0.4 is 5.32 Å². The van der Waals surface area contributed by atoms with Crippen molar-refractivity contribution in [1.29, 1.82) is 0 Å². The zero-order valence-corrected chi connectivity index (χ0v) is 17.1. The Hall–Kier alpha value is -2.96. The highest BCUT2D eigenvalue weighted by Gasteiger charge is 2.32. The van der Waals surface area contributed by atoms with E-state index in [0.717, 1.165) is 27.8 Å². The van der Waals surface area contributed by atoms with Crippen molar-refractivity contribution < 1.29 is 24.2 Å². The van der Waals surface area contributed by atoms with Crippen molar-refractivity contribution in [1.82, 2.24) is 5.32 Å². The number of carbonyl (C=O) groups is 2. The number of benzene rings is 2. The van der Waals surface area contributed by atoms with E-state index in [1.165, 1.54) is 7.11 Å². The van der Waals surface area contributed by atoms with Crippen LogP contribution in [0, 0.1) is 0 Å². The molecule has 0 radical (unpaired) electrons. The first-order valence-electron chi connectivity index (χ1n) is 10.1. The number of esters is 1. The largest absolute Gasteiger partial charge is 0.487 e. The average Bonchev–Trinajstić information content (AvgIpc) is 3.29. The maximum atomic E-state index is 12.6. The van der Waals surface area contributed by atoms with Crippen LogP contribution in [0.4, 0.5) is 0 Å². The molecule has 1 aliphatic carbocycles. The number of allylic oxidation sites excluding steroid dienone is 1. The summed E-state index contributed by atoms with van der Waals surface area (Å²) in [5, 5.41) is 12.8. The summed E-state index contributed by atoms with van der Waals surface area (Å²) in [6.45, 7) is 2.51. The molecule has 164 valence electrons. The Morgan fingerprint density at radius 1 is 1.19 bits per heavy atom. The summed E-state index contributed by atoms with van der Waals surface area (Å²) in [5.41, 5.74) is 5.78. The lowest BCUT2D eigenvalue weighted by atomic mass is 9.98. The lowest BCUT2D eigenvalue weighted by molar-refractivity contribution is -0.145. The summed E-state index contributed by atoms with van der Waals surface area (Å²) in [6, 6.07) is 13.2. The molecule has 2 N–H and O–H groups in total. The van der Waals surface area contributed by atoms with Gasteiger partial charge in [0.15, 0.2) is 5.78 Å². The van der Waals surface area contributed by atoms with Gasteiger partial charge in [-0.1, -0.05) is 49.9 Å². The minimum absolute atomic E-state index is 0. The molecule has 1 aliphatic heterocycles. The van der Waals surface area contributed by atoms with Crippen LogP contribution in [0.3, 0.4) is 0 Å². The average molecular weight is 424 g/mol. The van der Waals surface area contributed by atoms with E-state index >= 15 is 0 Å². The fraction of sp³-hybridized carbons (Fsp3) is 0.360. The van der Waals surface area contributed by atoms with Crippen LogP contribution >= 0.6 is 0 Å². The molecule has 2 aromatic rings. The Morgan fingerprint density at radius 2 is 1.97 bits per heavy atom. The van der Waals surface area contributed by atoms with Crippen LogP contribution in [0.1, 0.15) is 42.2 Å². The van der Waals surface area contributed by atoms with Gasteiger partial charge in [0.2, 0.25) is 0 Å². The highest BCUT2D eigenvalue weighted by atomic mass is 16.5. The molecule has 0 spiro atoms. The maximum Gasteiger partial charge on any atom is 0.325 e. The molecule has 6 nitrogen and oxygen atoms in total. The van der Waals surface area contributed by atoms with Gasteiger partial charge in [-0.25, -0.2) is 0 Å². The monoisotopic (exact) mass is 423 g/mol.